The Kier molecular flexibility index (Phi) is 6.65. The average Bonchev–Trinajstić information content (AvgIpc) is 2.58. The third kappa shape index (κ3) is 5.84. The van der Waals surface area contributed by atoms with Crippen LogP contribution in [-0.4, -0.2) is 43.5 Å². The number of hydrogen-bond donors (Lipinski definition) is 1. The molecule has 0 aliphatic carbocycles. The number of amides is 1. The van der Waals surface area contributed by atoms with Crippen LogP contribution in [0, 0.1) is 0 Å². The number of sulfonamides is 1. The molecule has 1 fully saturated rings. The number of alkyl carbamates (subject to hydrolysis) is 1. The number of ether oxygens (including phenoxy) is 1. The van der Waals surface area contributed by atoms with Crippen molar-refractivity contribution in [2.75, 3.05) is 13.1 Å². The zero-order valence-corrected chi connectivity index (χ0v) is 16.9. The molecule has 1 aliphatic heterocycles. The first kappa shape index (κ1) is 22.5. The minimum Gasteiger partial charge on any atom is -0.444 e. The first-order chi connectivity index (χ1) is 12.8. The smallest absolute Gasteiger partial charge is 0.416 e. The van der Waals surface area contributed by atoms with Gasteiger partial charge in [-0.25, -0.2) is 13.2 Å². The minimum atomic E-state index is -4.63. The third-order valence-corrected chi connectivity index (χ3v) is 6.17. The summed E-state index contributed by atoms with van der Waals surface area (Å²) in [6.45, 7) is 5.32. The van der Waals surface area contributed by atoms with Crippen molar-refractivity contribution in [1.82, 2.24) is 9.62 Å². The molecule has 6 nitrogen and oxygen atoms in total. The van der Waals surface area contributed by atoms with E-state index in [-0.39, 0.29) is 13.1 Å². The molecule has 1 atom stereocenters. The highest BCUT2D eigenvalue weighted by atomic mass is 32.2. The predicted octanol–water partition coefficient (Wildman–Crippen LogP) is 3.77. The van der Waals surface area contributed by atoms with Gasteiger partial charge in [-0.2, -0.15) is 17.5 Å². The van der Waals surface area contributed by atoms with E-state index in [1.54, 1.807) is 20.8 Å². The van der Waals surface area contributed by atoms with Crippen molar-refractivity contribution in [3.05, 3.63) is 29.8 Å². The molecule has 10 heteroatoms. The molecular weight excluding hydrogens is 397 g/mol. The van der Waals surface area contributed by atoms with E-state index in [0.29, 0.717) is 18.9 Å². The summed E-state index contributed by atoms with van der Waals surface area (Å²) in [5.41, 5.74) is -1.71. The van der Waals surface area contributed by atoms with Gasteiger partial charge < -0.3 is 10.1 Å². The zero-order valence-electron chi connectivity index (χ0n) is 16.0. The molecular formula is C18H25F3N2O4S. The summed E-state index contributed by atoms with van der Waals surface area (Å²) in [5, 5.41) is 2.55. The SMILES string of the molecule is CC(C)(C)OC(=O)NCC1CCCCN1S(=O)(=O)c1cccc(C(F)(F)F)c1. The molecule has 1 unspecified atom stereocenters. The van der Waals surface area contributed by atoms with Gasteiger partial charge in [0.05, 0.1) is 10.5 Å². The maximum absolute atomic E-state index is 13.0. The molecule has 0 radical (unpaired) electrons. The van der Waals surface area contributed by atoms with Crippen molar-refractivity contribution in [2.24, 2.45) is 0 Å². The second-order valence-electron chi connectivity index (χ2n) is 7.67. The lowest BCUT2D eigenvalue weighted by molar-refractivity contribution is -0.137. The number of carbonyl (C=O) groups is 1. The molecule has 2 rings (SSSR count). The van der Waals surface area contributed by atoms with Gasteiger partial charge in [-0.05, 0) is 51.8 Å². The number of benzene rings is 1. The molecule has 0 aromatic heterocycles. The van der Waals surface area contributed by atoms with Gasteiger partial charge in [0.25, 0.3) is 0 Å². The number of piperidine rings is 1. The Morgan fingerprint density at radius 2 is 1.93 bits per heavy atom. The standard InChI is InChI=1S/C18H25F3N2O4S/c1-17(2,3)27-16(24)22-12-14-8-4-5-10-23(14)28(25,26)15-9-6-7-13(11-15)18(19,20)21/h6-7,9,11,14H,4-5,8,10,12H2,1-3H3,(H,22,24). The van der Waals surface area contributed by atoms with E-state index in [9.17, 15) is 26.4 Å². The second-order valence-corrected chi connectivity index (χ2v) is 9.56. The summed E-state index contributed by atoms with van der Waals surface area (Å²) in [7, 11) is -4.14. The van der Waals surface area contributed by atoms with Gasteiger partial charge in [0.1, 0.15) is 5.60 Å². The van der Waals surface area contributed by atoms with Gasteiger partial charge in [0.15, 0.2) is 0 Å². The summed E-state index contributed by atoms with van der Waals surface area (Å²) in [5.74, 6) is 0. The number of carbonyl (C=O) groups excluding carboxylic acids is 1. The van der Waals surface area contributed by atoms with E-state index in [1.807, 2.05) is 0 Å². The molecule has 1 aliphatic rings. The topological polar surface area (TPSA) is 75.7 Å². The molecule has 0 saturated carbocycles. The maximum atomic E-state index is 13.0. The molecule has 0 spiro atoms. The molecule has 1 aromatic rings. The minimum absolute atomic E-state index is 0.0209. The number of rotatable bonds is 4. The Morgan fingerprint density at radius 3 is 2.54 bits per heavy atom. The lowest BCUT2D eigenvalue weighted by Gasteiger charge is -2.35. The van der Waals surface area contributed by atoms with Crippen LogP contribution in [0.25, 0.3) is 0 Å². The van der Waals surface area contributed by atoms with Gasteiger partial charge in [0.2, 0.25) is 10.0 Å². The first-order valence-corrected chi connectivity index (χ1v) is 10.4. The van der Waals surface area contributed by atoms with Crippen LogP contribution in [0.1, 0.15) is 45.6 Å². The Morgan fingerprint density at radius 1 is 1.25 bits per heavy atom. The summed E-state index contributed by atoms with van der Waals surface area (Å²) in [6.07, 6.45) is -3.45. The molecule has 1 saturated heterocycles. The van der Waals surface area contributed by atoms with Crippen molar-refractivity contribution in [3.63, 3.8) is 0 Å². The van der Waals surface area contributed by atoms with Crippen molar-refractivity contribution in [2.45, 2.75) is 62.7 Å². The van der Waals surface area contributed by atoms with Gasteiger partial charge in [-0.15, -0.1) is 0 Å². The van der Waals surface area contributed by atoms with Crippen molar-refractivity contribution in [3.8, 4) is 0 Å². The van der Waals surface area contributed by atoms with Crippen LogP contribution < -0.4 is 5.32 Å². The van der Waals surface area contributed by atoms with E-state index in [1.165, 1.54) is 4.31 Å². The largest absolute Gasteiger partial charge is 0.444 e. The van der Waals surface area contributed by atoms with Crippen molar-refractivity contribution < 1.29 is 31.1 Å². The van der Waals surface area contributed by atoms with Crippen LogP contribution in [0.3, 0.4) is 0 Å². The third-order valence-electron chi connectivity index (χ3n) is 4.22. The summed E-state index contributed by atoms with van der Waals surface area (Å²) >= 11 is 0. The van der Waals surface area contributed by atoms with E-state index in [4.69, 9.17) is 4.74 Å². The Bertz CT molecular complexity index is 804. The van der Waals surface area contributed by atoms with Gasteiger partial charge in [-0.3, -0.25) is 0 Å². The Hall–Kier alpha value is -1.81. The lowest BCUT2D eigenvalue weighted by atomic mass is 10.1. The van der Waals surface area contributed by atoms with Crippen LogP contribution in [-0.2, 0) is 20.9 Å². The van der Waals surface area contributed by atoms with E-state index < -0.39 is 44.4 Å². The second kappa shape index (κ2) is 8.28. The van der Waals surface area contributed by atoms with Gasteiger partial charge in [0, 0.05) is 19.1 Å². The van der Waals surface area contributed by atoms with Crippen LogP contribution in [0.4, 0.5) is 18.0 Å². The van der Waals surface area contributed by atoms with E-state index in [2.05, 4.69) is 5.32 Å². The van der Waals surface area contributed by atoms with Crippen LogP contribution in [0.5, 0.6) is 0 Å². The highest BCUT2D eigenvalue weighted by Gasteiger charge is 2.36. The van der Waals surface area contributed by atoms with Gasteiger partial charge >= 0.3 is 12.3 Å². The predicted molar refractivity (Wildman–Crippen MR) is 97.2 cm³/mol. The number of nitrogens with zero attached hydrogens (tertiary/aromatic N) is 1. The monoisotopic (exact) mass is 422 g/mol. The van der Waals surface area contributed by atoms with Crippen LogP contribution >= 0.6 is 0 Å². The molecule has 158 valence electrons. The van der Waals surface area contributed by atoms with Crippen molar-refractivity contribution in [1.29, 1.82) is 0 Å². The highest BCUT2D eigenvalue weighted by Crippen LogP contribution is 2.32. The molecule has 1 heterocycles. The fourth-order valence-corrected chi connectivity index (χ4v) is 4.72. The van der Waals surface area contributed by atoms with Crippen molar-refractivity contribution >= 4 is 16.1 Å². The first-order valence-electron chi connectivity index (χ1n) is 8.97. The summed E-state index contributed by atoms with van der Waals surface area (Å²) in [6, 6.07) is 3.14. The maximum Gasteiger partial charge on any atom is 0.416 e. The molecule has 0 bridgehead atoms. The van der Waals surface area contributed by atoms with E-state index in [0.717, 1.165) is 24.6 Å². The highest BCUT2D eigenvalue weighted by molar-refractivity contribution is 7.89. The van der Waals surface area contributed by atoms with E-state index >= 15 is 0 Å². The number of nitrogens with one attached hydrogen (secondary N) is 1. The Labute approximate surface area is 163 Å². The normalized spacial score (nSPS) is 19.3. The van der Waals surface area contributed by atoms with Gasteiger partial charge in [-0.1, -0.05) is 12.5 Å². The summed E-state index contributed by atoms with van der Waals surface area (Å²) < 4.78 is 71.1. The lowest BCUT2D eigenvalue weighted by Crippen LogP contribution is -2.49. The molecule has 1 amide bonds. The summed E-state index contributed by atoms with van der Waals surface area (Å²) in [4.78, 5) is 11.4. The number of alkyl halides is 3. The Balaban J connectivity index is 2.19. The van der Waals surface area contributed by atoms with Crippen LogP contribution in [0.15, 0.2) is 29.2 Å². The zero-order chi connectivity index (χ0) is 21.2. The average molecular weight is 422 g/mol. The fourth-order valence-electron chi connectivity index (χ4n) is 2.98. The fraction of sp³-hybridized carbons (Fsp3) is 0.611. The number of hydrogen-bond acceptors (Lipinski definition) is 4. The molecule has 1 N–H and O–H groups in total. The molecule has 1 aromatic carbocycles. The number of halogens is 3. The molecule has 28 heavy (non-hydrogen) atoms. The van der Waals surface area contributed by atoms with Crippen LogP contribution in [0.2, 0.25) is 0 Å². The quantitative estimate of drug-likeness (QED) is 0.801.